The molecule has 0 spiro atoms. The van der Waals surface area contributed by atoms with Crippen LogP contribution >= 0.6 is 0 Å². The maximum atomic E-state index is 13.2. The monoisotopic (exact) mass is 392 g/mol. The van der Waals surface area contributed by atoms with Gasteiger partial charge in [0.2, 0.25) is 11.8 Å². The first-order valence-electron chi connectivity index (χ1n) is 9.87. The molecule has 2 aliphatic heterocycles. The standard InChI is InChI=1S/C22H24N4O3/c1-15-10-12-23-18(14-15)24-19(27)8-5-13-25-21(29)16-6-3-4-7-17(16)26-20(28)9-11-22(25,26)2/h3-4,6-7,10,12,14H,5,8-9,11,13H2,1-2H3,(H,23,24,27)/t22-/m1/s1. The summed E-state index contributed by atoms with van der Waals surface area (Å²) in [6.07, 6.45) is 3.43. The highest BCUT2D eigenvalue weighted by molar-refractivity contribution is 6.10. The van der Waals surface area contributed by atoms with Crippen LogP contribution in [-0.4, -0.2) is 39.8 Å². The van der Waals surface area contributed by atoms with Crippen LogP contribution in [0.15, 0.2) is 42.6 Å². The molecule has 3 amide bonds. The van der Waals surface area contributed by atoms with E-state index in [-0.39, 0.29) is 24.1 Å². The number of fused-ring (bicyclic) bond motifs is 3. The number of carbonyl (C=O) groups excluding carboxylic acids is 3. The molecule has 150 valence electrons. The van der Waals surface area contributed by atoms with Crippen molar-refractivity contribution in [3.8, 4) is 0 Å². The SMILES string of the molecule is Cc1ccnc(NC(=O)CCCN2C(=O)c3ccccc3N3C(=O)CC[C@]23C)c1. The van der Waals surface area contributed by atoms with E-state index >= 15 is 0 Å². The Morgan fingerprint density at radius 3 is 2.83 bits per heavy atom. The van der Waals surface area contributed by atoms with Gasteiger partial charge in [-0.05, 0) is 56.5 Å². The van der Waals surface area contributed by atoms with E-state index in [1.165, 1.54) is 0 Å². The number of hydrogen-bond acceptors (Lipinski definition) is 4. The molecule has 29 heavy (non-hydrogen) atoms. The highest BCUT2D eigenvalue weighted by atomic mass is 16.2. The van der Waals surface area contributed by atoms with Crippen LogP contribution in [0, 0.1) is 6.92 Å². The minimum atomic E-state index is -0.683. The third-order valence-electron chi connectivity index (χ3n) is 5.71. The Balaban J connectivity index is 1.46. The number of nitrogens with one attached hydrogen (secondary N) is 1. The third-order valence-corrected chi connectivity index (χ3v) is 5.71. The van der Waals surface area contributed by atoms with Gasteiger partial charge in [-0.3, -0.25) is 19.3 Å². The molecule has 3 heterocycles. The zero-order chi connectivity index (χ0) is 20.6. The van der Waals surface area contributed by atoms with Gasteiger partial charge in [0.15, 0.2) is 0 Å². The maximum Gasteiger partial charge on any atom is 0.257 e. The molecule has 4 rings (SSSR count). The van der Waals surface area contributed by atoms with Gasteiger partial charge in [-0.25, -0.2) is 4.98 Å². The lowest BCUT2D eigenvalue weighted by molar-refractivity contribution is -0.118. The summed E-state index contributed by atoms with van der Waals surface area (Å²) >= 11 is 0. The van der Waals surface area contributed by atoms with Crippen LogP contribution in [0.5, 0.6) is 0 Å². The highest BCUT2D eigenvalue weighted by Gasteiger charge is 2.52. The number of aromatic nitrogens is 1. The molecule has 1 saturated heterocycles. The van der Waals surface area contributed by atoms with Crippen molar-refractivity contribution in [3.63, 3.8) is 0 Å². The number of rotatable bonds is 5. The van der Waals surface area contributed by atoms with Gasteiger partial charge in [0.05, 0.1) is 11.3 Å². The number of hydrogen-bond donors (Lipinski definition) is 1. The average Bonchev–Trinajstić information content (AvgIpc) is 3.00. The van der Waals surface area contributed by atoms with Crippen molar-refractivity contribution in [3.05, 3.63) is 53.7 Å². The molecule has 0 radical (unpaired) electrons. The second-order valence-electron chi connectivity index (χ2n) is 7.79. The van der Waals surface area contributed by atoms with E-state index < -0.39 is 5.66 Å². The van der Waals surface area contributed by atoms with Gasteiger partial charge in [-0.1, -0.05) is 12.1 Å². The zero-order valence-corrected chi connectivity index (χ0v) is 16.6. The fourth-order valence-corrected chi connectivity index (χ4v) is 4.25. The van der Waals surface area contributed by atoms with E-state index in [1.807, 2.05) is 38.1 Å². The lowest BCUT2D eigenvalue weighted by atomic mass is 9.98. The van der Waals surface area contributed by atoms with Gasteiger partial charge < -0.3 is 10.2 Å². The van der Waals surface area contributed by atoms with Crippen molar-refractivity contribution in [2.45, 2.75) is 45.2 Å². The van der Waals surface area contributed by atoms with Crippen molar-refractivity contribution in [2.24, 2.45) is 0 Å². The van der Waals surface area contributed by atoms with Crippen LogP contribution in [0.4, 0.5) is 11.5 Å². The summed E-state index contributed by atoms with van der Waals surface area (Å²) in [5, 5.41) is 2.79. The number of amides is 3. The van der Waals surface area contributed by atoms with Crippen molar-refractivity contribution >= 4 is 29.2 Å². The summed E-state index contributed by atoms with van der Waals surface area (Å²) in [5.41, 5.74) is 1.55. The van der Waals surface area contributed by atoms with Crippen molar-refractivity contribution in [2.75, 3.05) is 16.8 Å². The molecular formula is C22H24N4O3. The lowest BCUT2D eigenvalue weighted by Gasteiger charge is -2.48. The molecule has 2 aromatic rings. The van der Waals surface area contributed by atoms with Crippen LogP contribution in [-0.2, 0) is 9.59 Å². The number of pyridine rings is 1. The predicted octanol–water partition coefficient (Wildman–Crippen LogP) is 3.11. The maximum absolute atomic E-state index is 13.2. The molecule has 0 unspecified atom stereocenters. The molecule has 7 heteroatoms. The average molecular weight is 392 g/mol. The Bertz CT molecular complexity index is 990. The predicted molar refractivity (Wildman–Crippen MR) is 109 cm³/mol. The summed E-state index contributed by atoms with van der Waals surface area (Å²) in [5.74, 6) is 0.325. The van der Waals surface area contributed by atoms with Crippen molar-refractivity contribution in [1.29, 1.82) is 0 Å². The van der Waals surface area contributed by atoms with E-state index in [2.05, 4.69) is 10.3 Å². The first-order valence-corrected chi connectivity index (χ1v) is 9.87. The normalized spacial score (nSPS) is 20.5. The Kier molecular flexibility index (Phi) is 4.82. The number of anilines is 2. The number of carbonyl (C=O) groups is 3. The molecule has 1 fully saturated rings. The lowest BCUT2D eigenvalue weighted by Crippen LogP contribution is -2.62. The van der Waals surface area contributed by atoms with Crippen molar-refractivity contribution in [1.82, 2.24) is 9.88 Å². The molecule has 0 saturated carbocycles. The first kappa shape index (κ1) is 19.1. The number of benzene rings is 1. The Morgan fingerprint density at radius 2 is 2.03 bits per heavy atom. The van der Waals surface area contributed by atoms with Crippen LogP contribution in [0.1, 0.15) is 48.5 Å². The zero-order valence-electron chi connectivity index (χ0n) is 16.6. The van der Waals surface area contributed by atoms with E-state index in [9.17, 15) is 14.4 Å². The minimum Gasteiger partial charge on any atom is -0.315 e. The van der Waals surface area contributed by atoms with Gasteiger partial charge in [-0.2, -0.15) is 0 Å². The topological polar surface area (TPSA) is 82.6 Å². The Hall–Kier alpha value is -3.22. The van der Waals surface area contributed by atoms with Crippen LogP contribution < -0.4 is 10.2 Å². The second kappa shape index (κ2) is 7.31. The van der Waals surface area contributed by atoms with Crippen LogP contribution in [0.2, 0.25) is 0 Å². The molecule has 0 aliphatic carbocycles. The molecular weight excluding hydrogens is 368 g/mol. The van der Waals surface area contributed by atoms with Crippen LogP contribution in [0.25, 0.3) is 0 Å². The van der Waals surface area contributed by atoms with Gasteiger partial charge in [-0.15, -0.1) is 0 Å². The molecule has 1 aromatic heterocycles. The summed E-state index contributed by atoms with van der Waals surface area (Å²) in [6.45, 7) is 4.27. The number of para-hydroxylation sites is 1. The van der Waals surface area contributed by atoms with Crippen LogP contribution in [0.3, 0.4) is 0 Å². The van der Waals surface area contributed by atoms with E-state index in [0.29, 0.717) is 42.9 Å². The molecule has 0 bridgehead atoms. The Labute approximate surface area is 169 Å². The summed E-state index contributed by atoms with van der Waals surface area (Å²) in [6, 6.07) is 10.9. The molecule has 1 atom stereocenters. The fourth-order valence-electron chi connectivity index (χ4n) is 4.25. The largest absolute Gasteiger partial charge is 0.315 e. The van der Waals surface area contributed by atoms with Gasteiger partial charge in [0.25, 0.3) is 5.91 Å². The smallest absolute Gasteiger partial charge is 0.257 e. The highest BCUT2D eigenvalue weighted by Crippen LogP contribution is 2.43. The van der Waals surface area contributed by atoms with Gasteiger partial charge in [0, 0.05) is 25.6 Å². The Morgan fingerprint density at radius 1 is 1.24 bits per heavy atom. The summed E-state index contributed by atoms with van der Waals surface area (Å²) in [4.78, 5) is 45.6. The fraction of sp³-hybridized carbons (Fsp3) is 0.364. The number of nitrogens with zero attached hydrogens (tertiary/aromatic N) is 3. The summed E-state index contributed by atoms with van der Waals surface area (Å²) < 4.78 is 0. The second-order valence-corrected chi connectivity index (χ2v) is 7.79. The molecule has 1 N–H and O–H groups in total. The van der Waals surface area contributed by atoms with E-state index in [1.54, 1.807) is 28.1 Å². The quantitative estimate of drug-likeness (QED) is 0.848. The third kappa shape index (κ3) is 3.37. The van der Waals surface area contributed by atoms with Gasteiger partial charge in [0.1, 0.15) is 11.5 Å². The molecule has 1 aromatic carbocycles. The summed E-state index contributed by atoms with van der Waals surface area (Å²) in [7, 11) is 0. The minimum absolute atomic E-state index is 0.0284. The van der Waals surface area contributed by atoms with Gasteiger partial charge >= 0.3 is 0 Å². The first-order chi connectivity index (χ1) is 13.9. The molecule has 2 aliphatic rings. The van der Waals surface area contributed by atoms with E-state index in [0.717, 1.165) is 5.56 Å². The number of aryl methyl sites for hydroxylation is 1. The van der Waals surface area contributed by atoms with E-state index in [4.69, 9.17) is 0 Å². The molecule has 7 nitrogen and oxygen atoms in total. The van der Waals surface area contributed by atoms with Crippen molar-refractivity contribution < 1.29 is 14.4 Å².